The van der Waals surface area contributed by atoms with Gasteiger partial charge in [-0.1, -0.05) is 11.6 Å². The van der Waals surface area contributed by atoms with Gasteiger partial charge >= 0.3 is 23.9 Å². The zero-order valence-electron chi connectivity index (χ0n) is 25.8. The van der Waals surface area contributed by atoms with Crippen LogP contribution in [0, 0.1) is 11.3 Å². The summed E-state index contributed by atoms with van der Waals surface area (Å²) in [7, 11) is 0. The summed E-state index contributed by atoms with van der Waals surface area (Å²) in [6, 6.07) is 10.0. The molecule has 3 heterocycles. The lowest BCUT2D eigenvalue weighted by Crippen LogP contribution is -2.63. The fourth-order valence-corrected chi connectivity index (χ4v) is 4.51. The zero-order valence-corrected chi connectivity index (χ0v) is 22.5. The Balaban J connectivity index is 1.71. The van der Waals surface area contributed by atoms with Gasteiger partial charge in [-0.3, -0.25) is 19.2 Å². The summed E-state index contributed by atoms with van der Waals surface area (Å²) >= 11 is 6.58. The van der Waals surface area contributed by atoms with Crippen LogP contribution in [0.3, 0.4) is 0 Å². The van der Waals surface area contributed by atoms with Gasteiger partial charge in [-0.2, -0.15) is 5.26 Å². The van der Waals surface area contributed by atoms with Crippen LogP contribution < -0.4 is 4.74 Å². The van der Waals surface area contributed by atoms with E-state index in [9.17, 15) is 19.2 Å². The number of pyridine rings is 1. The van der Waals surface area contributed by atoms with Gasteiger partial charge in [0.05, 0.1) is 10.6 Å². The lowest BCUT2D eigenvalue weighted by molar-refractivity contribution is -0.288. The van der Waals surface area contributed by atoms with Gasteiger partial charge in [0.1, 0.15) is 30.2 Å². The highest BCUT2D eigenvalue weighted by Crippen LogP contribution is 2.34. The molecule has 1 aliphatic heterocycles. The number of hydrogen-bond acceptors (Lipinski definition) is 12. The molecule has 0 radical (unpaired) electrons. The minimum Gasteiger partial charge on any atom is -0.463 e. The first-order valence-electron chi connectivity index (χ1n) is 14.9. The monoisotopic (exact) mass is 603 g/mol. The number of nitriles is 1. The molecule has 0 bridgehead atoms. The van der Waals surface area contributed by atoms with Gasteiger partial charge < -0.3 is 33.0 Å². The third-order valence-electron chi connectivity index (χ3n) is 5.89. The first-order valence-corrected chi connectivity index (χ1v) is 12.4. The topological polar surface area (TPSA) is 165 Å². The molecule has 0 spiro atoms. The van der Waals surface area contributed by atoms with Crippen LogP contribution in [0.2, 0.25) is 5.02 Å². The highest BCUT2D eigenvalue weighted by atomic mass is 35.5. The molecule has 3 aromatic rings. The Labute approximate surface area is 250 Å². The summed E-state index contributed by atoms with van der Waals surface area (Å²) in [6.07, 6.45) is -5.03. The number of ether oxygens (including phenoxy) is 6. The van der Waals surface area contributed by atoms with Gasteiger partial charge in [0.25, 0.3) is 0 Å². The van der Waals surface area contributed by atoms with E-state index in [1.165, 1.54) is 18.3 Å². The molecule has 0 N–H and O–H groups in total. The van der Waals surface area contributed by atoms with E-state index in [2.05, 4.69) is 4.98 Å². The number of hydrogen-bond donors (Lipinski definition) is 0. The summed E-state index contributed by atoms with van der Waals surface area (Å²) in [5.41, 5.74) is 1.48. The normalized spacial score (nSPS) is 22.8. The Morgan fingerprint density at radius 3 is 2.36 bits per heavy atom. The Bertz CT molecular complexity index is 1650. The van der Waals surface area contributed by atoms with Gasteiger partial charge in [-0.05, 0) is 30.3 Å². The summed E-state index contributed by atoms with van der Waals surface area (Å²) < 4.78 is 63.9. The van der Waals surface area contributed by atoms with Crippen molar-refractivity contribution in [2.75, 3.05) is 6.61 Å². The molecule has 0 amide bonds. The number of aromatic nitrogens is 2. The zero-order chi connectivity index (χ0) is 33.4. The minimum atomic E-state index is -1.71. The minimum absolute atomic E-state index is 0.0207. The highest BCUT2D eigenvalue weighted by Gasteiger charge is 2.53. The van der Waals surface area contributed by atoms with Crippen molar-refractivity contribution in [3.05, 3.63) is 53.3 Å². The Morgan fingerprint density at radius 2 is 1.69 bits per heavy atom. The van der Waals surface area contributed by atoms with Crippen molar-refractivity contribution in [1.29, 1.82) is 5.26 Å². The molecule has 220 valence electrons. The summed E-state index contributed by atoms with van der Waals surface area (Å²) in [5, 5.41) is 9.89. The van der Waals surface area contributed by atoms with Gasteiger partial charge in [0.15, 0.2) is 12.2 Å². The fraction of sp³-hybridized carbons (Fsp3) is 0.357. The summed E-state index contributed by atoms with van der Waals surface area (Å²) in [5.74, 6) is -4.32. The largest absolute Gasteiger partial charge is 0.463 e. The van der Waals surface area contributed by atoms with Gasteiger partial charge in [-0.15, -0.1) is 0 Å². The molecule has 14 heteroatoms. The van der Waals surface area contributed by atoms with Crippen molar-refractivity contribution < 1.29 is 53.1 Å². The maximum Gasteiger partial charge on any atom is 0.303 e. The predicted molar refractivity (Wildman–Crippen MR) is 143 cm³/mol. The smallest absolute Gasteiger partial charge is 0.303 e. The van der Waals surface area contributed by atoms with Gasteiger partial charge in [0.2, 0.25) is 12.4 Å². The van der Waals surface area contributed by atoms with E-state index in [1.54, 1.807) is 29.0 Å². The van der Waals surface area contributed by atoms with Crippen molar-refractivity contribution in [3.63, 3.8) is 0 Å². The van der Waals surface area contributed by atoms with Crippen LogP contribution in [0.5, 0.6) is 5.75 Å². The number of halogens is 1. The van der Waals surface area contributed by atoms with Crippen LogP contribution in [0.1, 0.15) is 38.6 Å². The number of rotatable bonds is 8. The average molecular weight is 604 g/mol. The molecule has 1 aromatic carbocycles. The number of fused-ring (bicyclic) bond motifs is 1. The van der Waals surface area contributed by atoms with Crippen LogP contribution in [0.25, 0.3) is 16.7 Å². The second-order valence-electron chi connectivity index (χ2n) is 8.76. The molecule has 0 aliphatic carbocycles. The van der Waals surface area contributed by atoms with Crippen molar-refractivity contribution in [3.8, 4) is 17.5 Å². The molecular formula is C28H26ClN3O10. The van der Waals surface area contributed by atoms with E-state index in [4.69, 9.17) is 50.8 Å². The molecule has 1 unspecified atom stereocenters. The first-order chi connectivity index (χ1) is 22.1. The molecule has 42 heavy (non-hydrogen) atoms. The lowest BCUT2D eigenvalue weighted by atomic mass is 9.98. The fourth-order valence-electron chi connectivity index (χ4n) is 4.29. The Hall–Kier alpha value is -4.67. The van der Waals surface area contributed by atoms with Gasteiger partial charge in [-0.25, -0.2) is 4.98 Å². The number of benzene rings is 1. The SMILES string of the molecule is [2H]CC(=O)OC[C@H]1OC(Oc2ccc(-n3ccc4cc(C#N)cnc43)cc2Cl)[C@@H](OC(=O)C[2H])[C@@H](OC(=O)C[2H])[C@@H]1OC(=O)C[2H]. The lowest BCUT2D eigenvalue weighted by Gasteiger charge is -2.44. The van der Waals surface area contributed by atoms with E-state index in [0.717, 1.165) is 0 Å². The second-order valence-corrected chi connectivity index (χ2v) is 9.16. The van der Waals surface area contributed by atoms with E-state index in [0.29, 0.717) is 22.3 Å². The quantitative estimate of drug-likeness (QED) is 0.273. The molecule has 5 atom stereocenters. The van der Waals surface area contributed by atoms with Crippen molar-refractivity contribution in [2.24, 2.45) is 0 Å². The first kappa shape index (κ1) is 25.1. The van der Waals surface area contributed by atoms with E-state index in [-0.39, 0.29) is 10.8 Å². The second kappa shape index (κ2) is 12.9. The Morgan fingerprint density at radius 1 is 1.00 bits per heavy atom. The number of esters is 4. The van der Waals surface area contributed by atoms with Crippen LogP contribution in [-0.2, 0) is 42.9 Å². The summed E-state index contributed by atoms with van der Waals surface area (Å²) in [6.45, 7) is -4.00. The maximum atomic E-state index is 12.3. The number of nitrogens with zero attached hydrogens (tertiary/aromatic N) is 3. The van der Waals surface area contributed by atoms with Crippen molar-refractivity contribution >= 4 is 46.5 Å². The number of carbonyl (C=O) groups is 4. The van der Waals surface area contributed by atoms with Crippen LogP contribution in [-0.4, -0.2) is 70.7 Å². The van der Waals surface area contributed by atoms with Gasteiger partial charge in [0, 0.05) is 56.5 Å². The number of carbonyl (C=O) groups excluding carboxylic acids is 4. The molecule has 0 saturated carbocycles. The van der Waals surface area contributed by atoms with Crippen LogP contribution >= 0.6 is 11.6 Å². The third kappa shape index (κ3) is 6.96. The van der Waals surface area contributed by atoms with Crippen LogP contribution in [0.4, 0.5) is 0 Å². The molecule has 1 saturated heterocycles. The summed E-state index contributed by atoms with van der Waals surface area (Å²) in [4.78, 5) is 52.9. The molecular weight excluding hydrogens is 574 g/mol. The van der Waals surface area contributed by atoms with E-state index in [1.807, 2.05) is 6.07 Å². The standard InChI is InChI=1S/C28H26ClN3O10/c1-14(33)37-13-23-24(38-15(2)34)25(39-16(3)35)26(40-17(4)36)28(42-23)41-22-6-5-20(10-21(22)29)32-8-7-19-9-18(11-30)12-31-27(19)32/h5-10,12,23-26,28H,13H2,1-4H3/t23-,24-,25+,26+,28?/m1/s1/i1D,2D,3D,4D. The molecule has 2 aromatic heterocycles. The highest BCUT2D eigenvalue weighted by molar-refractivity contribution is 6.32. The van der Waals surface area contributed by atoms with Crippen molar-refractivity contribution in [2.45, 2.75) is 58.3 Å². The maximum absolute atomic E-state index is 12.3. The molecule has 4 rings (SSSR count). The van der Waals surface area contributed by atoms with E-state index >= 15 is 0 Å². The average Bonchev–Trinajstić information content (AvgIpc) is 3.49. The third-order valence-corrected chi connectivity index (χ3v) is 6.19. The Kier molecular flexibility index (Phi) is 7.69. The van der Waals surface area contributed by atoms with Crippen molar-refractivity contribution in [1.82, 2.24) is 9.55 Å². The molecule has 13 nitrogen and oxygen atoms in total. The van der Waals surface area contributed by atoms with Crippen LogP contribution in [0.15, 0.2) is 42.7 Å². The van der Waals surface area contributed by atoms with E-state index < -0.39 is 88.8 Å². The predicted octanol–water partition coefficient (Wildman–Crippen LogP) is 3.01. The molecule has 1 fully saturated rings. The molecule has 1 aliphatic rings.